The number of methoxy groups -OCH3 is 1. The zero-order chi connectivity index (χ0) is 18.7. The molecule has 0 aromatic carbocycles. The summed E-state index contributed by atoms with van der Waals surface area (Å²) in [6.07, 6.45) is 2.99. The second-order valence-corrected chi connectivity index (χ2v) is 7.65. The maximum Gasteiger partial charge on any atom is 0.407 e. The van der Waals surface area contributed by atoms with E-state index >= 15 is 0 Å². The molecule has 0 bridgehead atoms. The van der Waals surface area contributed by atoms with Crippen molar-refractivity contribution in [1.82, 2.24) is 20.2 Å². The molecule has 3 heterocycles. The highest BCUT2D eigenvalue weighted by Crippen LogP contribution is 2.33. The smallest absolute Gasteiger partial charge is 0.407 e. The quantitative estimate of drug-likeness (QED) is 0.839. The summed E-state index contributed by atoms with van der Waals surface area (Å²) in [6, 6.07) is 3.32. The number of amides is 2. The van der Waals surface area contributed by atoms with Crippen LogP contribution in [0.25, 0.3) is 10.6 Å². The zero-order valence-electron chi connectivity index (χ0n) is 15.2. The molecule has 1 fully saturated rings. The minimum Gasteiger partial charge on any atom is -0.453 e. The third-order valence-corrected chi connectivity index (χ3v) is 5.53. The van der Waals surface area contributed by atoms with E-state index in [9.17, 15) is 9.59 Å². The van der Waals surface area contributed by atoms with Gasteiger partial charge in [-0.1, -0.05) is 19.9 Å². The predicted molar refractivity (Wildman–Crippen MR) is 99.8 cm³/mol. The first-order valence-corrected chi connectivity index (χ1v) is 9.63. The van der Waals surface area contributed by atoms with Gasteiger partial charge in [-0.15, -0.1) is 11.3 Å². The second kappa shape index (κ2) is 7.90. The van der Waals surface area contributed by atoms with E-state index in [1.165, 1.54) is 7.11 Å². The fraction of sp³-hybridized carbons (Fsp3) is 0.500. The molecule has 2 aromatic rings. The molecule has 7 nitrogen and oxygen atoms in total. The molecule has 0 unspecified atom stereocenters. The lowest BCUT2D eigenvalue weighted by molar-refractivity contribution is -0.135. The van der Waals surface area contributed by atoms with Crippen LogP contribution >= 0.6 is 11.3 Å². The van der Waals surface area contributed by atoms with E-state index in [1.54, 1.807) is 11.3 Å². The molecule has 0 saturated carbocycles. The van der Waals surface area contributed by atoms with Crippen LogP contribution in [0.5, 0.6) is 0 Å². The molecule has 2 N–H and O–H groups in total. The standard InChI is InChI=1S/C18H24N4O3S/c1-11(2)15(21-18(24)25-3)17(23)22-8-4-6-13(22)16-19-10-12(20-16)14-7-5-9-26-14/h5,7,9-11,13,15H,4,6,8H2,1-3H3,(H,19,20)(H,21,24)/t13-,15-/m0/s1. The number of likely N-dealkylation sites (tertiary alicyclic amines) is 1. The molecule has 8 heteroatoms. The van der Waals surface area contributed by atoms with Gasteiger partial charge in [0, 0.05) is 6.54 Å². The Morgan fingerprint density at radius 2 is 2.27 bits per heavy atom. The van der Waals surface area contributed by atoms with Gasteiger partial charge in [0.25, 0.3) is 0 Å². The maximum atomic E-state index is 13.1. The van der Waals surface area contributed by atoms with Crippen LogP contribution in [0, 0.1) is 5.92 Å². The lowest BCUT2D eigenvalue weighted by Crippen LogP contribution is -2.51. The third kappa shape index (κ3) is 3.75. The number of imidazole rings is 1. The normalized spacial score (nSPS) is 18.2. The Kier molecular flexibility index (Phi) is 5.61. The zero-order valence-corrected chi connectivity index (χ0v) is 16.0. The van der Waals surface area contributed by atoms with E-state index in [2.05, 4.69) is 20.0 Å². The summed E-state index contributed by atoms with van der Waals surface area (Å²) in [5.74, 6) is 0.655. The van der Waals surface area contributed by atoms with Gasteiger partial charge in [-0.25, -0.2) is 9.78 Å². The number of carbonyl (C=O) groups is 2. The number of thiophene rings is 1. The van der Waals surface area contributed by atoms with E-state index < -0.39 is 12.1 Å². The van der Waals surface area contributed by atoms with Crippen molar-refractivity contribution in [3.05, 3.63) is 29.5 Å². The topological polar surface area (TPSA) is 87.3 Å². The number of hydrogen-bond acceptors (Lipinski definition) is 5. The summed E-state index contributed by atoms with van der Waals surface area (Å²) in [5.41, 5.74) is 0.961. The summed E-state index contributed by atoms with van der Waals surface area (Å²) in [6.45, 7) is 4.47. The van der Waals surface area contributed by atoms with Crippen LogP contribution < -0.4 is 5.32 Å². The largest absolute Gasteiger partial charge is 0.453 e. The van der Waals surface area contributed by atoms with Crippen molar-refractivity contribution < 1.29 is 14.3 Å². The molecule has 140 valence electrons. The Balaban J connectivity index is 1.78. The number of nitrogens with one attached hydrogen (secondary N) is 2. The lowest BCUT2D eigenvalue weighted by Gasteiger charge is -2.30. The highest BCUT2D eigenvalue weighted by Gasteiger charge is 2.37. The van der Waals surface area contributed by atoms with Crippen LogP contribution in [0.3, 0.4) is 0 Å². The number of nitrogens with zero attached hydrogens (tertiary/aromatic N) is 2. The minimum atomic E-state index is -0.616. The van der Waals surface area contributed by atoms with Crippen molar-refractivity contribution in [3.8, 4) is 10.6 Å². The monoisotopic (exact) mass is 376 g/mol. The van der Waals surface area contributed by atoms with E-state index in [-0.39, 0.29) is 17.9 Å². The highest BCUT2D eigenvalue weighted by atomic mass is 32.1. The number of aromatic amines is 1. The second-order valence-electron chi connectivity index (χ2n) is 6.71. The fourth-order valence-electron chi connectivity index (χ4n) is 3.26. The van der Waals surface area contributed by atoms with Gasteiger partial charge in [0.1, 0.15) is 11.9 Å². The van der Waals surface area contributed by atoms with Gasteiger partial charge in [0.15, 0.2) is 0 Å². The summed E-state index contributed by atoms with van der Waals surface area (Å²) in [5, 5.41) is 4.68. The first kappa shape index (κ1) is 18.4. The molecular formula is C18H24N4O3S. The molecule has 1 saturated heterocycles. The molecule has 2 amide bonds. The highest BCUT2D eigenvalue weighted by molar-refractivity contribution is 7.13. The number of hydrogen-bond donors (Lipinski definition) is 2. The summed E-state index contributed by atoms with van der Waals surface area (Å²) < 4.78 is 4.66. The van der Waals surface area contributed by atoms with Crippen molar-refractivity contribution in [1.29, 1.82) is 0 Å². The van der Waals surface area contributed by atoms with E-state index in [4.69, 9.17) is 0 Å². The van der Waals surface area contributed by atoms with Crippen LogP contribution in [-0.4, -0.2) is 46.6 Å². The summed E-state index contributed by atoms with van der Waals surface area (Å²) in [7, 11) is 1.30. The number of H-pyrrole nitrogens is 1. The van der Waals surface area contributed by atoms with Gasteiger partial charge in [-0.05, 0) is 30.2 Å². The average molecular weight is 376 g/mol. The molecule has 0 radical (unpaired) electrons. The van der Waals surface area contributed by atoms with E-state index in [0.29, 0.717) is 6.54 Å². The molecule has 1 aliphatic heterocycles. The molecule has 26 heavy (non-hydrogen) atoms. The summed E-state index contributed by atoms with van der Waals surface area (Å²) in [4.78, 5) is 35.5. The first-order chi connectivity index (χ1) is 12.5. The fourth-order valence-corrected chi connectivity index (χ4v) is 3.95. The molecule has 0 spiro atoms. The number of carbonyl (C=O) groups excluding carboxylic acids is 2. The van der Waals surface area contributed by atoms with Crippen LogP contribution in [0.4, 0.5) is 4.79 Å². The SMILES string of the molecule is COC(=O)N[C@H](C(=O)N1CCC[C@H]1c1ncc(-c2cccs2)[nH]1)C(C)C. The van der Waals surface area contributed by atoms with Gasteiger partial charge >= 0.3 is 6.09 Å². The molecule has 1 aliphatic rings. The molecular weight excluding hydrogens is 352 g/mol. The van der Waals surface area contributed by atoms with Crippen LogP contribution in [0.1, 0.15) is 38.6 Å². The van der Waals surface area contributed by atoms with Crippen molar-refractivity contribution >= 4 is 23.3 Å². The molecule has 2 atom stereocenters. The van der Waals surface area contributed by atoms with Gasteiger partial charge in [-0.2, -0.15) is 0 Å². The predicted octanol–water partition coefficient (Wildman–Crippen LogP) is 3.18. The van der Waals surface area contributed by atoms with Crippen molar-refractivity contribution in [2.45, 2.75) is 38.8 Å². The Morgan fingerprint density at radius 1 is 1.46 bits per heavy atom. The summed E-state index contributed by atoms with van der Waals surface area (Å²) >= 11 is 1.64. The average Bonchev–Trinajstić information content (AvgIpc) is 3.38. The number of alkyl carbamates (subject to hydrolysis) is 1. The third-order valence-electron chi connectivity index (χ3n) is 4.63. The molecule has 0 aliphatic carbocycles. The Morgan fingerprint density at radius 3 is 2.92 bits per heavy atom. The van der Waals surface area contributed by atoms with Crippen LogP contribution in [0.2, 0.25) is 0 Å². The van der Waals surface area contributed by atoms with Gasteiger partial charge in [0.05, 0.1) is 29.9 Å². The van der Waals surface area contributed by atoms with Crippen LogP contribution in [0.15, 0.2) is 23.7 Å². The minimum absolute atomic E-state index is 0.0406. The molecule has 2 aromatic heterocycles. The van der Waals surface area contributed by atoms with Gasteiger partial charge in [-0.3, -0.25) is 4.79 Å². The Bertz CT molecular complexity index is 756. The van der Waals surface area contributed by atoms with Gasteiger partial charge in [0.2, 0.25) is 5.91 Å². The number of rotatable bonds is 5. The van der Waals surface area contributed by atoms with Crippen molar-refractivity contribution in [2.75, 3.05) is 13.7 Å². The maximum absolute atomic E-state index is 13.1. The van der Waals surface area contributed by atoms with Crippen LogP contribution in [-0.2, 0) is 9.53 Å². The van der Waals surface area contributed by atoms with E-state index in [1.807, 2.05) is 42.5 Å². The Labute approximate surface area is 156 Å². The van der Waals surface area contributed by atoms with Crippen molar-refractivity contribution in [2.24, 2.45) is 5.92 Å². The first-order valence-electron chi connectivity index (χ1n) is 8.75. The van der Waals surface area contributed by atoms with Gasteiger partial charge < -0.3 is 19.9 Å². The van der Waals surface area contributed by atoms with E-state index in [0.717, 1.165) is 29.2 Å². The Hall–Kier alpha value is -2.35. The number of aromatic nitrogens is 2. The number of ether oxygens (including phenoxy) is 1. The lowest BCUT2D eigenvalue weighted by atomic mass is 10.0. The van der Waals surface area contributed by atoms with Crippen molar-refractivity contribution in [3.63, 3.8) is 0 Å². The molecule has 3 rings (SSSR count).